The number of hydrogen-bond acceptors (Lipinski definition) is 2. The second-order valence-corrected chi connectivity index (χ2v) is 5.65. The Balaban J connectivity index is 1.99. The Morgan fingerprint density at radius 2 is 0.842 bits per heavy atom. The molecule has 0 radical (unpaired) electrons. The maximum Gasteiger partial charge on any atom is -0.00258 e. The summed E-state index contributed by atoms with van der Waals surface area (Å²) in [5.74, 6) is 1.82. The Hall–Kier alpha value is -0.860. The molecule has 0 nitrogen and oxygen atoms in total. The number of benzene rings is 2. The van der Waals surface area contributed by atoms with E-state index in [1.165, 1.54) is 22.3 Å². The van der Waals surface area contributed by atoms with Gasteiger partial charge in [-0.1, -0.05) is 48.5 Å². The summed E-state index contributed by atoms with van der Waals surface area (Å²) in [4.78, 5) is 0. The van der Waals surface area contributed by atoms with Gasteiger partial charge in [0.15, 0.2) is 0 Å². The van der Waals surface area contributed by atoms with Crippen LogP contribution in [0.25, 0.3) is 0 Å². The van der Waals surface area contributed by atoms with Crippen LogP contribution in [0.15, 0.2) is 48.5 Å². The van der Waals surface area contributed by atoms with Crippen molar-refractivity contribution in [1.29, 1.82) is 0 Å². The van der Waals surface area contributed by atoms with Crippen LogP contribution in [-0.2, 0) is 19.3 Å². The van der Waals surface area contributed by atoms with Crippen molar-refractivity contribution >= 4 is 25.3 Å². The van der Waals surface area contributed by atoms with E-state index >= 15 is 0 Å². The van der Waals surface area contributed by atoms with Gasteiger partial charge in [0.1, 0.15) is 0 Å². The van der Waals surface area contributed by atoms with E-state index in [9.17, 15) is 0 Å². The monoisotopic (exact) mass is 288 g/mol. The number of thiol groups is 2. The third-order valence-electron chi connectivity index (χ3n) is 3.26. The summed E-state index contributed by atoms with van der Waals surface area (Å²) in [6.45, 7) is 0. The van der Waals surface area contributed by atoms with Gasteiger partial charge in [-0.05, 0) is 53.0 Å². The van der Waals surface area contributed by atoms with Gasteiger partial charge in [-0.3, -0.25) is 0 Å². The molecular weight excluding hydrogens is 268 g/mol. The summed E-state index contributed by atoms with van der Waals surface area (Å²) in [5, 5.41) is 0. The predicted octanol–water partition coefficient (Wildman–Crippen LogP) is 4.22. The molecule has 2 aromatic rings. The maximum atomic E-state index is 4.26. The molecule has 0 aliphatic heterocycles. The lowest BCUT2D eigenvalue weighted by Crippen LogP contribution is -1.92. The zero-order valence-corrected chi connectivity index (χ0v) is 12.8. The quantitative estimate of drug-likeness (QED) is 0.731. The van der Waals surface area contributed by atoms with Crippen molar-refractivity contribution in [1.82, 2.24) is 0 Å². The molecule has 0 unspecified atom stereocenters. The van der Waals surface area contributed by atoms with E-state index in [-0.39, 0.29) is 0 Å². The first kappa shape index (κ1) is 14.5. The first-order valence-corrected chi connectivity index (χ1v) is 7.95. The molecule has 0 bridgehead atoms. The van der Waals surface area contributed by atoms with Crippen molar-refractivity contribution in [3.05, 3.63) is 70.8 Å². The topological polar surface area (TPSA) is 0 Å². The van der Waals surface area contributed by atoms with Crippen LogP contribution in [-0.4, -0.2) is 11.5 Å². The van der Waals surface area contributed by atoms with Crippen LogP contribution >= 0.6 is 25.3 Å². The van der Waals surface area contributed by atoms with Gasteiger partial charge in [0.05, 0.1) is 0 Å². The van der Waals surface area contributed by atoms with E-state index in [4.69, 9.17) is 0 Å². The van der Waals surface area contributed by atoms with E-state index in [1.54, 1.807) is 0 Å². The summed E-state index contributed by atoms with van der Waals surface area (Å²) < 4.78 is 0. The van der Waals surface area contributed by atoms with Crippen molar-refractivity contribution in [2.45, 2.75) is 19.3 Å². The molecule has 0 saturated carbocycles. The van der Waals surface area contributed by atoms with Crippen LogP contribution in [0.3, 0.4) is 0 Å². The Morgan fingerprint density at radius 1 is 0.526 bits per heavy atom. The van der Waals surface area contributed by atoms with Crippen LogP contribution in [0.4, 0.5) is 0 Å². The average molecular weight is 288 g/mol. The lowest BCUT2D eigenvalue weighted by atomic mass is 10.0. The molecule has 2 rings (SSSR count). The molecule has 0 atom stereocenters. The Labute approximate surface area is 127 Å². The van der Waals surface area contributed by atoms with Gasteiger partial charge in [-0.2, -0.15) is 25.3 Å². The molecule has 0 N–H and O–H groups in total. The summed E-state index contributed by atoms with van der Waals surface area (Å²) in [6.07, 6.45) is 3.09. The molecule has 0 heterocycles. The molecule has 0 amide bonds. The zero-order chi connectivity index (χ0) is 13.5. The first-order valence-electron chi connectivity index (χ1n) is 6.69. The van der Waals surface area contributed by atoms with Gasteiger partial charge in [0.2, 0.25) is 0 Å². The highest BCUT2D eigenvalue weighted by molar-refractivity contribution is 7.80. The Kier molecular flexibility index (Phi) is 5.87. The lowest BCUT2D eigenvalue weighted by Gasteiger charge is -2.05. The standard InChI is InChI=1S/C17H20S2/c18-11-9-14-1-5-16(6-2-14)13-17-7-3-15(4-8-17)10-12-19/h1-8,18-19H,9-13H2. The van der Waals surface area contributed by atoms with Gasteiger partial charge in [-0.25, -0.2) is 0 Å². The normalized spacial score (nSPS) is 10.6. The predicted molar refractivity (Wildman–Crippen MR) is 90.8 cm³/mol. The molecule has 2 heteroatoms. The van der Waals surface area contributed by atoms with Gasteiger partial charge >= 0.3 is 0 Å². The SMILES string of the molecule is SCCc1ccc(Cc2ccc(CCS)cc2)cc1. The highest BCUT2D eigenvalue weighted by Crippen LogP contribution is 2.13. The van der Waals surface area contributed by atoms with Crippen LogP contribution in [0.2, 0.25) is 0 Å². The largest absolute Gasteiger partial charge is 0.179 e. The average Bonchev–Trinajstić information content (AvgIpc) is 2.44. The molecule has 0 fully saturated rings. The fourth-order valence-corrected chi connectivity index (χ4v) is 2.66. The summed E-state index contributed by atoms with van der Waals surface area (Å²) >= 11 is 8.52. The van der Waals surface area contributed by atoms with E-state index in [0.29, 0.717) is 0 Å². The maximum absolute atomic E-state index is 4.26. The van der Waals surface area contributed by atoms with E-state index in [2.05, 4.69) is 73.8 Å². The van der Waals surface area contributed by atoms with Gasteiger partial charge < -0.3 is 0 Å². The van der Waals surface area contributed by atoms with Gasteiger partial charge in [-0.15, -0.1) is 0 Å². The Bertz CT molecular complexity index is 438. The minimum Gasteiger partial charge on any atom is -0.179 e. The lowest BCUT2D eigenvalue weighted by molar-refractivity contribution is 1.12. The van der Waals surface area contributed by atoms with Crippen LogP contribution in [0.5, 0.6) is 0 Å². The molecule has 0 aliphatic rings. The molecule has 100 valence electrons. The third kappa shape index (κ3) is 4.63. The second-order valence-electron chi connectivity index (χ2n) is 4.76. The smallest absolute Gasteiger partial charge is 0.00258 e. The summed E-state index contributed by atoms with van der Waals surface area (Å²) in [5.41, 5.74) is 5.46. The van der Waals surface area contributed by atoms with E-state index in [1.807, 2.05) is 0 Å². The summed E-state index contributed by atoms with van der Waals surface area (Å²) in [7, 11) is 0. The second kappa shape index (κ2) is 7.66. The van der Waals surface area contributed by atoms with Crippen molar-refractivity contribution in [2.75, 3.05) is 11.5 Å². The van der Waals surface area contributed by atoms with Crippen LogP contribution in [0.1, 0.15) is 22.3 Å². The van der Waals surface area contributed by atoms with Crippen LogP contribution in [0, 0.1) is 0 Å². The molecule has 0 saturated heterocycles. The third-order valence-corrected chi connectivity index (χ3v) is 3.70. The molecule has 19 heavy (non-hydrogen) atoms. The van der Waals surface area contributed by atoms with Gasteiger partial charge in [0, 0.05) is 0 Å². The summed E-state index contributed by atoms with van der Waals surface area (Å²) in [6, 6.07) is 17.7. The van der Waals surface area contributed by atoms with Crippen molar-refractivity contribution in [3.63, 3.8) is 0 Å². The molecule has 0 aliphatic carbocycles. The fourth-order valence-electron chi connectivity index (χ4n) is 2.14. The van der Waals surface area contributed by atoms with Crippen molar-refractivity contribution in [3.8, 4) is 0 Å². The van der Waals surface area contributed by atoms with Crippen LogP contribution < -0.4 is 0 Å². The van der Waals surface area contributed by atoms with E-state index < -0.39 is 0 Å². The highest BCUT2D eigenvalue weighted by atomic mass is 32.1. The zero-order valence-electron chi connectivity index (χ0n) is 11.0. The molecular formula is C17H20S2. The van der Waals surface area contributed by atoms with E-state index in [0.717, 1.165) is 30.8 Å². The minimum absolute atomic E-state index is 0.909. The highest BCUT2D eigenvalue weighted by Gasteiger charge is 1.98. The molecule has 0 spiro atoms. The first-order chi connectivity index (χ1) is 9.31. The Morgan fingerprint density at radius 3 is 1.16 bits per heavy atom. The fraction of sp³-hybridized carbons (Fsp3) is 0.294. The number of hydrogen-bond donors (Lipinski definition) is 2. The van der Waals surface area contributed by atoms with Gasteiger partial charge in [0.25, 0.3) is 0 Å². The number of aryl methyl sites for hydroxylation is 2. The number of rotatable bonds is 6. The molecule has 2 aromatic carbocycles. The van der Waals surface area contributed by atoms with Crippen molar-refractivity contribution < 1.29 is 0 Å². The minimum atomic E-state index is 0.909. The molecule has 0 aromatic heterocycles. The van der Waals surface area contributed by atoms with Crippen molar-refractivity contribution in [2.24, 2.45) is 0 Å².